The topological polar surface area (TPSA) is 74.7 Å². The number of hydrogen-bond acceptors (Lipinski definition) is 6. The van der Waals surface area contributed by atoms with Gasteiger partial charge in [-0.3, -0.25) is 9.78 Å². The molecule has 0 fully saturated rings. The average molecular weight is 231 g/mol. The van der Waals surface area contributed by atoms with Crippen molar-refractivity contribution >= 4 is 22.8 Å². The Labute approximate surface area is 94.6 Å². The molecule has 0 aliphatic carbocycles. The molecular weight excluding hydrogens is 226 g/mol. The van der Waals surface area contributed by atoms with E-state index in [0.717, 1.165) is 5.39 Å². The van der Waals surface area contributed by atoms with Crippen molar-refractivity contribution in [2.45, 2.75) is 0 Å². The lowest BCUT2D eigenvalue weighted by atomic mass is 10.1. The summed E-state index contributed by atoms with van der Waals surface area (Å²) in [6.07, 6.45) is 0. The molecule has 6 nitrogen and oxygen atoms in total. The Morgan fingerprint density at radius 1 is 0.941 bits per heavy atom. The van der Waals surface area contributed by atoms with Crippen LogP contribution in [0.25, 0.3) is 10.9 Å². The molecular formula is C11H5NO5. The van der Waals surface area contributed by atoms with Gasteiger partial charge in [0.1, 0.15) is 0 Å². The Morgan fingerprint density at radius 3 is 2.59 bits per heavy atom. The van der Waals surface area contributed by atoms with Crippen LogP contribution in [0.4, 0.5) is 0 Å². The molecule has 0 unspecified atom stereocenters. The van der Waals surface area contributed by atoms with Gasteiger partial charge in [-0.1, -0.05) is 12.1 Å². The second-order valence-electron chi connectivity index (χ2n) is 3.41. The zero-order valence-corrected chi connectivity index (χ0v) is 8.38. The Morgan fingerprint density at radius 2 is 1.71 bits per heavy atom. The van der Waals surface area contributed by atoms with Crippen molar-refractivity contribution in [2.75, 3.05) is 0 Å². The minimum Gasteiger partial charge on any atom is -0.254 e. The van der Waals surface area contributed by atoms with Crippen LogP contribution in [0, 0.1) is 0 Å². The smallest absolute Gasteiger partial charge is 0.254 e. The minimum absolute atomic E-state index is 0.0765. The van der Waals surface area contributed by atoms with Crippen LogP contribution in [-0.2, 0) is 14.8 Å². The van der Waals surface area contributed by atoms with Crippen LogP contribution >= 0.6 is 0 Å². The first-order chi connectivity index (χ1) is 8.24. The molecule has 1 aromatic heterocycles. The van der Waals surface area contributed by atoms with Crippen LogP contribution in [-0.4, -0.2) is 16.9 Å². The molecule has 3 rings (SSSR count). The number of carbonyl (C=O) groups excluding carboxylic acids is 2. The number of hydrogen-bond donors (Lipinski definition) is 0. The number of pyridine rings is 1. The fourth-order valence-corrected chi connectivity index (χ4v) is 1.53. The maximum atomic E-state index is 11.4. The number of carbonyl (C=O) groups is 2. The SMILES string of the molecule is O=C1OOOC(=O)c2ccc3ccc1cc3n2. The fourth-order valence-electron chi connectivity index (χ4n) is 1.53. The zero-order chi connectivity index (χ0) is 11.8. The third-order valence-electron chi connectivity index (χ3n) is 2.36. The average Bonchev–Trinajstić information content (AvgIpc) is 2.36. The van der Waals surface area contributed by atoms with Crippen LogP contribution in [0.1, 0.15) is 20.8 Å². The number of fused-ring (bicyclic) bond motifs is 2. The fraction of sp³-hybridized carbons (Fsp3) is 0. The van der Waals surface area contributed by atoms with E-state index in [1.807, 2.05) is 0 Å². The van der Waals surface area contributed by atoms with Gasteiger partial charge in [0.2, 0.25) is 0 Å². The molecule has 17 heavy (non-hydrogen) atoms. The lowest BCUT2D eigenvalue weighted by Crippen LogP contribution is -2.13. The van der Waals surface area contributed by atoms with Gasteiger partial charge in [-0.05, 0) is 18.2 Å². The summed E-state index contributed by atoms with van der Waals surface area (Å²) in [5.74, 6) is -1.58. The molecule has 1 aliphatic rings. The summed E-state index contributed by atoms with van der Waals surface area (Å²) in [6.45, 7) is 0. The molecule has 1 aliphatic heterocycles. The van der Waals surface area contributed by atoms with Crippen LogP contribution in [0.5, 0.6) is 0 Å². The molecule has 3 bridgehead atoms. The van der Waals surface area contributed by atoms with Gasteiger partial charge in [0.25, 0.3) is 0 Å². The van der Waals surface area contributed by atoms with Gasteiger partial charge in [-0.2, -0.15) is 0 Å². The van der Waals surface area contributed by atoms with Gasteiger partial charge < -0.3 is 0 Å². The van der Waals surface area contributed by atoms with E-state index in [1.165, 1.54) is 12.1 Å². The molecule has 2 heterocycles. The number of nitrogens with zero attached hydrogens (tertiary/aromatic N) is 1. The Kier molecular flexibility index (Phi) is 2.02. The summed E-state index contributed by atoms with van der Waals surface area (Å²) in [6, 6.07) is 7.99. The van der Waals surface area contributed by atoms with E-state index in [1.54, 1.807) is 18.2 Å². The number of rotatable bonds is 0. The van der Waals surface area contributed by atoms with Crippen LogP contribution in [0.15, 0.2) is 30.3 Å². The summed E-state index contributed by atoms with van der Waals surface area (Å²) >= 11 is 0. The van der Waals surface area contributed by atoms with Crippen molar-refractivity contribution in [1.29, 1.82) is 0 Å². The van der Waals surface area contributed by atoms with E-state index in [2.05, 4.69) is 19.8 Å². The molecule has 1 aromatic carbocycles. The maximum absolute atomic E-state index is 11.4. The number of benzene rings is 1. The molecule has 0 saturated carbocycles. The van der Waals surface area contributed by atoms with Gasteiger partial charge >= 0.3 is 11.9 Å². The second-order valence-corrected chi connectivity index (χ2v) is 3.41. The monoisotopic (exact) mass is 231 g/mol. The van der Waals surface area contributed by atoms with E-state index >= 15 is 0 Å². The molecule has 2 aromatic rings. The Hall–Kier alpha value is -2.47. The summed E-state index contributed by atoms with van der Waals surface area (Å²) in [5, 5.41) is 4.88. The summed E-state index contributed by atoms with van der Waals surface area (Å²) in [5.41, 5.74) is 0.850. The van der Waals surface area contributed by atoms with Crippen LogP contribution in [0.2, 0.25) is 0 Å². The first kappa shape index (κ1) is 9.73. The van der Waals surface area contributed by atoms with Crippen molar-refractivity contribution in [3.8, 4) is 0 Å². The van der Waals surface area contributed by atoms with E-state index < -0.39 is 11.9 Å². The molecule has 0 spiro atoms. The molecule has 0 radical (unpaired) electrons. The lowest BCUT2D eigenvalue weighted by molar-refractivity contribution is -0.446. The van der Waals surface area contributed by atoms with Gasteiger partial charge in [0.05, 0.1) is 11.1 Å². The summed E-state index contributed by atoms with van der Waals surface area (Å²) < 4.78 is 0. The molecule has 6 heteroatoms. The first-order valence-electron chi connectivity index (χ1n) is 4.75. The van der Waals surface area contributed by atoms with Gasteiger partial charge in [0, 0.05) is 10.4 Å². The highest BCUT2D eigenvalue weighted by atomic mass is 17.5. The Balaban J connectivity index is 2.29. The van der Waals surface area contributed by atoms with E-state index in [-0.39, 0.29) is 11.3 Å². The van der Waals surface area contributed by atoms with Crippen molar-refractivity contribution < 1.29 is 24.4 Å². The predicted molar refractivity (Wildman–Crippen MR) is 53.7 cm³/mol. The van der Waals surface area contributed by atoms with Gasteiger partial charge in [-0.15, -0.1) is 0 Å². The van der Waals surface area contributed by atoms with E-state index in [4.69, 9.17) is 0 Å². The van der Waals surface area contributed by atoms with Crippen LogP contribution in [0.3, 0.4) is 0 Å². The maximum Gasteiger partial charge on any atom is 0.395 e. The van der Waals surface area contributed by atoms with Crippen molar-refractivity contribution in [3.63, 3.8) is 0 Å². The van der Waals surface area contributed by atoms with Gasteiger partial charge in [-0.25, -0.2) is 14.6 Å². The largest absolute Gasteiger partial charge is 0.395 e. The highest BCUT2D eigenvalue weighted by molar-refractivity contribution is 5.96. The van der Waals surface area contributed by atoms with Crippen molar-refractivity contribution in [1.82, 2.24) is 4.98 Å². The molecule has 0 saturated heterocycles. The second kappa shape index (κ2) is 3.53. The third kappa shape index (κ3) is 1.60. The summed E-state index contributed by atoms with van der Waals surface area (Å²) in [4.78, 5) is 35.4. The highest BCUT2D eigenvalue weighted by Crippen LogP contribution is 2.17. The molecule has 0 N–H and O–H groups in total. The zero-order valence-electron chi connectivity index (χ0n) is 8.38. The lowest BCUT2D eigenvalue weighted by Gasteiger charge is -2.07. The number of aromatic nitrogens is 1. The van der Waals surface area contributed by atoms with E-state index in [0.29, 0.717) is 5.52 Å². The molecule has 84 valence electrons. The highest BCUT2D eigenvalue weighted by Gasteiger charge is 2.17. The molecule has 0 amide bonds. The van der Waals surface area contributed by atoms with Crippen LogP contribution < -0.4 is 0 Å². The third-order valence-corrected chi connectivity index (χ3v) is 2.36. The minimum atomic E-state index is -0.827. The normalized spacial score (nSPS) is 14.8. The summed E-state index contributed by atoms with van der Waals surface area (Å²) in [7, 11) is 0. The standard InChI is InChI=1S/C11H5NO5/c13-10-7-2-1-6-3-4-8(12-9(6)5-7)11(14)16-17-15-10/h1-5H. The Bertz CT molecular complexity index is 586. The quantitative estimate of drug-likeness (QED) is 0.638. The first-order valence-corrected chi connectivity index (χ1v) is 4.75. The van der Waals surface area contributed by atoms with Gasteiger partial charge in [0.15, 0.2) is 5.69 Å². The van der Waals surface area contributed by atoms with Crippen molar-refractivity contribution in [2.24, 2.45) is 0 Å². The van der Waals surface area contributed by atoms with Crippen molar-refractivity contribution in [3.05, 3.63) is 41.6 Å². The predicted octanol–water partition coefficient (Wildman–Crippen LogP) is 1.41. The molecule has 0 atom stereocenters. The van der Waals surface area contributed by atoms with E-state index in [9.17, 15) is 9.59 Å².